The number of hydrogen-bond donors (Lipinski definition) is 1. The molecule has 0 spiro atoms. The van der Waals surface area contributed by atoms with Crippen molar-refractivity contribution in [1.29, 1.82) is 0 Å². The van der Waals surface area contributed by atoms with Crippen LogP contribution in [0.4, 0.5) is 16.5 Å². The molecule has 4 aromatic rings. The maximum atomic E-state index is 12.7. The van der Waals surface area contributed by atoms with Gasteiger partial charge in [0.1, 0.15) is 0 Å². The average Bonchev–Trinajstić information content (AvgIpc) is 3.17. The molecule has 30 heavy (non-hydrogen) atoms. The number of aromatic nitrogens is 3. The molecule has 8 heteroatoms. The maximum Gasteiger partial charge on any atom is 0.283 e. The molecule has 3 heterocycles. The van der Waals surface area contributed by atoms with Gasteiger partial charge in [0.15, 0.2) is 0 Å². The van der Waals surface area contributed by atoms with Crippen LogP contribution in [0.3, 0.4) is 0 Å². The van der Waals surface area contributed by atoms with Crippen LogP contribution in [-0.2, 0) is 0 Å². The van der Waals surface area contributed by atoms with Crippen LogP contribution >= 0.6 is 11.3 Å². The Morgan fingerprint density at radius 3 is 2.63 bits per heavy atom. The lowest BCUT2D eigenvalue weighted by molar-refractivity contribution is 0.209. The molecule has 2 aromatic heterocycles. The molecule has 0 unspecified atom stereocenters. The van der Waals surface area contributed by atoms with Crippen LogP contribution in [0.1, 0.15) is 13.8 Å². The van der Waals surface area contributed by atoms with Crippen LogP contribution < -0.4 is 15.8 Å². The van der Waals surface area contributed by atoms with E-state index in [2.05, 4.69) is 57.2 Å². The molecule has 1 saturated heterocycles. The summed E-state index contributed by atoms with van der Waals surface area (Å²) < 4.78 is 1.38. The fraction of sp³-hybridized carbons (Fsp3) is 0.318. The second-order valence-electron chi connectivity index (χ2n) is 7.83. The minimum atomic E-state index is -0.142. The average molecular weight is 421 g/mol. The zero-order chi connectivity index (χ0) is 20.7. The van der Waals surface area contributed by atoms with Crippen LogP contribution in [0.5, 0.6) is 0 Å². The Morgan fingerprint density at radius 2 is 1.83 bits per heavy atom. The van der Waals surface area contributed by atoms with Crippen LogP contribution in [0.2, 0.25) is 0 Å². The third-order valence-electron chi connectivity index (χ3n) is 5.61. The first kappa shape index (κ1) is 19.0. The highest BCUT2D eigenvalue weighted by molar-refractivity contribution is 7.20. The zero-order valence-electron chi connectivity index (χ0n) is 17.1. The van der Waals surface area contributed by atoms with Gasteiger partial charge in [-0.3, -0.25) is 9.69 Å². The smallest absolute Gasteiger partial charge is 0.283 e. The van der Waals surface area contributed by atoms with Gasteiger partial charge >= 0.3 is 0 Å². The highest BCUT2D eigenvalue weighted by Crippen LogP contribution is 2.26. The van der Waals surface area contributed by atoms with Crippen molar-refractivity contribution in [2.24, 2.45) is 0 Å². The van der Waals surface area contributed by atoms with Crippen LogP contribution in [0.25, 0.3) is 15.9 Å². The van der Waals surface area contributed by atoms with Crippen molar-refractivity contribution in [1.82, 2.24) is 19.5 Å². The Hall–Kier alpha value is -2.97. The predicted molar refractivity (Wildman–Crippen MR) is 123 cm³/mol. The van der Waals surface area contributed by atoms with Gasteiger partial charge in [-0.1, -0.05) is 29.5 Å². The summed E-state index contributed by atoms with van der Waals surface area (Å²) in [7, 11) is 0. The number of hydrogen-bond acceptors (Lipinski definition) is 7. The second kappa shape index (κ2) is 7.70. The van der Waals surface area contributed by atoms with Crippen molar-refractivity contribution < 1.29 is 0 Å². The molecule has 1 fully saturated rings. The molecule has 7 nitrogen and oxygen atoms in total. The van der Waals surface area contributed by atoms with E-state index in [1.54, 1.807) is 6.07 Å². The first-order valence-corrected chi connectivity index (χ1v) is 11.0. The number of fused-ring (bicyclic) bond motifs is 2. The Labute approximate surface area is 178 Å². The quantitative estimate of drug-likeness (QED) is 0.544. The zero-order valence-corrected chi connectivity index (χ0v) is 17.9. The SMILES string of the molecule is CC(C)N1CCN(c2cccc(Nc3nn4c(=O)c5ccccc5nc4s3)c2)CC1. The van der Waals surface area contributed by atoms with Gasteiger partial charge in [-0.15, -0.1) is 5.10 Å². The lowest BCUT2D eigenvalue weighted by Crippen LogP contribution is -2.48. The molecule has 0 amide bonds. The molecule has 2 aromatic carbocycles. The molecule has 154 valence electrons. The standard InChI is InChI=1S/C22H24N6OS/c1-15(2)26-10-12-27(13-11-26)17-7-5-6-16(14-17)23-21-25-28-20(29)18-8-3-4-9-19(18)24-22(28)30-21/h3-9,14-15H,10-13H2,1-2H3,(H,23,25). The summed E-state index contributed by atoms with van der Waals surface area (Å²) in [5, 5.41) is 9.04. The number of rotatable bonds is 4. The molecular formula is C22H24N6OS. The van der Waals surface area contributed by atoms with Crippen molar-refractivity contribution in [3.63, 3.8) is 0 Å². The highest BCUT2D eigenvalue weighted by Gasteiger charge is 2.19. The van der Waals surface area contributed by atoms with E-state index in [1.807, 2.05) is 24.3 Å². The number of piperazine rings is 1. The topological polar surface area (TPSA) is 65.8 Å². The molecule has 1 aliphatic heterocycles. The van der Waals surface area contributed by atoms with E-state index in [1.165, 1.54) is 21.5 Å². The minimum Gasteiger partial charge on any atom is -0.369 e. The van der Waals surface area contributed by atoms with E-state index in [0.717, 1.165) is 31.9 Å². The normalized spacial score (nSPS) is 15.4. The maximum absolute atomic E-state index is 12.7. The van der Waals surface area contributed by atoms with E-state index in [0.29, 0.717) is 27.0 Å². The molecule has 0 atom stereocenters. The third-order valence-corrected chi connectivity index (χ3v) is 6.43. The summed E-state index contributed by atoms with van der Waals surface area (Å²) in [6.07, 6.45) is 0. The van der Waals surface area contributed by atoms with Gasteiger partial charge in [0.2, 0.25) is 10.1 Å². The number of nitrogens with one attached hydrogen (secondary N) is 1. The molecule has 0 bridgehead atoms. The Morgan fingerprint density at radius 1 is 1.03 bits per heavy atom. The van der Waals surface area contributed by atoms with Crippen LogP contribution in [0, 0.1) is 0 Å². The molecular weight excluding hydrogens is 396 g/mol. The Bertz CT molecular complexity index is 1260. The van der Waals surface area contributed by atoms with Crippen molar-refractivity contribution in [2.45, 2.75) is 19.9 Å². The monoisotopic (exact) mass is 420 g/mol. The summed E-state index contributed by atoms with van der Waals surface area (Å²) in [5.74, 6) is 0. The second-order valence-corrected chi connectivity index (χ2v) is 8.78. The molecule has 0 radical (unpaired) electrons. The van der Waals surface area contributed by atoms with Crippen LogP contribution in [-0.4, -0.2) is 51.7 Å². The molecule has 5 rings (SSSR count). The van der Waals surface area contributed by atoms with E-state index in [4.69, 9.17) is 0 Å². The van der Waals surface area contributed by atoms with E-state index in [9.17, 15) is 4.79 Å². The highest BCUT2D eigenvalue weighted by atomic mass is 32.1. The Kier molecular flexibility index (Phi) is 4.88. The molecule has 1 aliphatic rings. The van der Waals surface area contributed by atoms with Crippen molar-refractivity contribution >= 4 is 43.7 Å². The first-order chi connectivity index (χ1) is 14.6. The lowest BCUT2D eigenvalue weighted by atomic mass is 10.2. The summed E-state index contributed by atoms with van der Waals surface area (Å²) >= 11 is 1.38. The van der Waals surface area contributed by atoms with E-state index >= 15 is 0 Å². The van der Waals surface area contributed by atoms with Crippen molar-refractivity contribution in [3.05, 3.63) is 58.9 Å². The summed E-state index contributed by atoms with van der Waals surface area (Å²) in [6, 6.07) is 16.3. The molecule has 0 saturated carbocycles. The van der Waals surface area contributed by atoms with Gasteiger partial charge in [0, 0.05) is 43.6 Å². The summed E-state index contributed by atoms with van der Waals surface area (Å²) in [6.45, 7) is 8.71. The Balaban J connectivity index is 1.39. The fourth-order valence-electron chi connectivity index (χ4n) is 3.91. The minimum absolute atomic E-state index is 0.142. The van der Waals surface area contributed by atoms with Gasteiger partial charge < -0.3 is 10.2 Å². The van der Waals surface area contributed by atoms with Gasteiger partial charge in [-0.05, 0) is 44.2 Å². The summed E-state index contributed by atoms with van der Waals surface area (Å²) in [5.41, 5.74) is 2.71. The predicted octanol–water partition coefficient (Wildman–Crippen LogP) is 3.58. The van der Waals surface area contributed by atoms with Crippen molar-refractivity contribution in [3.8, 4) is 0 Å². The van der Waals surface area contributed by atoms with Gasteiger partial charge in [0.05, 0.1) is 10.9 Å². The van der Waals surface area contributed by atoms with Crippen LogP contribution in [0.15, 0.2) is 53.3 Å². The fourth-order valence-corrected chi connectivity index (χ4v) is 4.72. The van der Waals surface area contributed by atoms with E-state index < -0.39 is 0 Å². The van der Waals surface area contributed by atoms with E-state index in [-0.39, 0.29) is 5.56 Å². The lowest BCUT2D eigenvalue weighted by Gasteiger charge is -2.38. The molecule has 0 aliphatic carbocycles. The van der Waals surface area contributed by atoms with Gasteiger partial charge in [-0.25, -0.2) is 4.98 Å². The largest absolute Gasteiger partial charge is 0.369 e. The number of para-hydroxylation sites is 1. The summed E-state index contributed by atoms with van der Waals surface area (Å²) in [4.78, 5) is 22.8. The first-order valence-electron chi connectivity index (χ1n) is 10.2. The third kappa shape index (κ3) is 3.53. The number of nitrogens with zero attached hydrogens (tertiary/aromatic N) is 5. The van der Waals surface area contributed by atoms with Gasteiger partial charge in [0.25, 0.3) is 5.56 Å². The van der Waals surface area contributed by atoms with Crippen molar-refractivity contribution in [2.75, 3.05) is 36.4 Å². The van der Waals surface area contributed by atoms with Gasteiger partial charge in [-0.2, -0.15) is 4.52 Å². The number of anilines is 3. The number of benzene rings is 2. The molecule has 1 N–H and O–H groups in total.